The fourth-order valence-electron chi connectivity index (χ4n) is 2.41. The Bertz CT molecular complexity index is 876. The number of hydrogen-bond acceptors (Lipinski definition) is 4. The lowest BCUT2D eigenvalue weighted by Gasteiger charge is -2.08. The first-order chi connectivity index (χ1) is 11.6. The molecule has 3 rings (SSSR count). The lowest BCUT2D eigenvalue weighted by molar-refractivity contribution is 0.102. The van der Waals surface area contributed by atoms with E-state index in [1.54, 1.807) is 23.1 Å². The quantitative estimate of drug-likeness (QED) is 0.738. The van der Waals surface area contributed by atoms with Crippen LogP contribution < -0.4 is 5.32 Å². The molecule has 0 spiro atoms. The fraction of sp³-hybridized carbons (Fsp3) is 0.176. The second-order valence-corrected chi connectivity index (χ2v) is 5.60. The lowest BCUT2D eigenvalue weighted by Crippen LogP contribution is -2.15. The molecule has 6 nitrogen and oxygen atoms in total. The molecule has 122 valence electrons. The van der Waals surface area contributed by atoms with Crippen molar-refractivity contribution in [2.45, 2.75) is 20.3 Å². The molecule has 3 aromatic rings. The number of aryl methyl sites for hydroxylation is 1. The first-order valence-electron chi connectivity index (χ1n) is 7.52. The second kappa shape index (κ2) is 6.80. The summed E-state index contributed by atoms with van der Waals surface area (Å²) >= 11 is 5.91. The van der Waals surface area contributed by atoms with E-state index in [1.165, 1.54) is 6.20 Å². The van der Waals surface area contributed by atoms with Crippen LogP contribution in [0.5, 0.6) is 0 Å². The van der Waals surface area contributed by atoms with Crippen molar-refractivity contribution in [3.63, 3.8) is 0 Å². The van der Waals surface area contributed by atoms with Crippen LogP contribution in [0.15, 0.2) is 42.9 Å². The van der Waals surface area contributed by atoms with E-state index in [0.29, 0.717) is 28.6 Å². The van der Waals surface area contributed by atoms with Gasteiger partial charge in [-0.2, -0.15) is 5.10 Å². The van der Waals surface area contributed by atoms with Gasteiger partial charge in [0.25, 0.3) is 5.91 Å². The Morgan fingerprint density at radius 3 is 2.79 bits per heavy atom. The molecule has 0 fully saturated rings. The second-order valence-electron chi connectivity index (χ2n) is 5.24. The van der Waals surface area contributed by atoms with Gasteiger partial charge in [-0.15, -0.1) is 0 Å². The van der Waals surface area contributed by atoms with Crippen molar-refractivity contribution in [2.24, 2.45) is 0 Å². The zero-order chi connectivity index (χ0) is 17.1. The number of carbonyl (C=O) groups is 1. The minimum atomic E-state index is -0.238. The number of nitrogens with zero attached hydrogens (tertiary/aromatic N) is 4. The normalized spacial score (nSPS) is 10.6. The van der Waals surface area contributed by atoms with Crippen LogP contribution in [-0.4, -0.2) is 25.7 Å². The van der Waals surface area contributed by atoms with Gasteiger partial charge in [-0.3, -0.25) is 4.79 Å². The largest absolute Gasteiger partial charge is 0.320 e. The molecule has 0 aliphatic carbocycles. The Balaban J connectivity index is 1.90. The van der Waals surface area contributed by atoms with Gasteiger partial charge < -0.3 is 5.32 Å². The van der Waals surface area contributed by atoms with Crippen molar-refractivity contribution in [3.8, 4) is 5.82 Å². The van der Waals surface area contributed by atoms with Crippen molar-refractivity contribution in [3.05, 3.63) is 64.8 Å². The van der Waals surface area contributed by atoms with E-state index in [1.807, 2.05) is 32.0 Å². The van der Waals surface area contributed by atoms with Crippen molar-refractivity contribution < 1.29 is 4.79 Å². The Kier molecular flexibility index (Phi) is 4.57. The molecular weight excluding hydrogens is 326 g/mol. The number of nitrogens with one attached hydrogen (secondary N) is 1. The van der Waals surface area contributed by atoms with Gasteiger partial charge in [0.2, 0.25) is 0 Å². The minimum Gasteiger partial charge on any atom is -0.320 e. The zero-order valence-electron chi connectivity index (χ0n) is 13.3. The predicted molar refractivity (Wildman–Crippen MR) is 92.7 cm³/mol. The highest BCUT2D eigenvalue weighted by molar-refractivity contribution is 6.30. The number of amides is 1. The molecule has 0 unspecified atom stereocenters. The van der Waals surface area contributed by atoms with Crippen molar-refractivity contribution in [1.29, 1.82) is 0 Å². The van der Waals surface area contributed by atoms with Crippen LogP contribution in [0.1, 0.15) is 28.5 Å². The molecule has 24 heavy (non-hydrogen) atoms. The van der Waals surface area contributed by atoms with Crippen LogP contribution in [0.2, 0.25) is 5.15 Å². The predicted octanol–water partition coefficient (Wildman–Crippen LogP) is 3.44. The van der Waals surface area contributed by atoms with Crippen LogP contribution in [0.4, 0.5) is 5.69 Å². The number of halogens is 1. The maximum absolute atomic E-state index is 12.6. The Morgan fingerprint density at radius 2 is 2.12 bits per heavy atom. The first kappa shape index (κ1) is 16.1. The summed E-state index contributed by atoms with van der Waals surface area (Å²) in [6.45, 7) is 3.81. The van der Waals surface area contributed by atoms with Crippen LogP contribution in [0.3, 0.4) is 0 Å². The maximum atomic E-state index is 12.6. The zero-order valence-corrected chi connectivity index (χ0v) is 14.1. The van der Waals surface area contributed by atoms with E-state index in [4.69, 9.17) is 11.6 Å². The Labute approximate surface area is 144 Å². The summed E-state index contributed by atoms with van der Waals surface area (Å²) in [6.07, 6.45) is 5.43. The standard InChI is InChI=1S/C17H16ClN5O/c1-3-14-13(10-21-23(14)15-6-4-5-7-19-15)17(24)22-12-8-11(2)16(18)20-9-12/h4-10H,3H2,1-2H3,(H,22,24). The molecule has 1 amide bonds. The van der Waals surface area contributed by atoms with Crippen LogP contribution >= 0.6 is 11.6 Å². The molecule has 0 aromatic carbocycles. The average Bonchev–Trinajstić information content (AvgIpc) is 3.03. The highest BCUT2D eigenvalue weighted by Gasteiger charge is 2.18. The topological polar surface area (TPSA) is 72.7 Å². The summed E-state index contributed by atoms with van der Waals surface area (Å²) in [5.41, 5.74) is 2.70. The van der Waals surface area contributed by atoms with Gasteiger partial charge in [0.1, 0.15) is 5.15 Å². The summed E-state index contributed by atoms with van der Waals surface area (Å²) in [5, 5.41) is 7.56. The van der Waals surface area contributed by atoms with Gasteiger partial charge >= 0.3 is 0 Å². The fourth-order valence-corrected chi connectivity index (χ4v) is 2.51. The average molecular weight is 342 g/mol. The van der Waals surface area contributed by atoms with Crippen molar-refractivity contribution in [1.82, 2.24) is 19.7 Å². The van der Waals surface area contributed by atoms with Gasteiger partial charge in [0.15, 0.2) is 5.82 Å². The number of aromatic nitrogens is 4. The third-order valence-electron chi connectivity index (χ3n) is 3.59. The van der Waals surface area contributed by atoms with E-state index in [9.17, 15) is 4.79 Å². The molecule has 7 heteroatoms. The molecule has 0 bridgehead atoms. The highest BCUT2D eigenvalue weighted by atomic mass is 35.5. The minimum absolute atomic E-state index is 0.238. The van der Waals surface area contributed by atoms with Crippen LogP contribution in [0.25, 0.3) is 5.82 Å². The summed E-state index contributed by atoms with van der Waals surface area (Å²) in [7, 11) is 0. The van der Waals surface area contributed by atoms with Gasteiger partial charge in [-0.05, 0) is 37.1 Å². The number of carbonyl (C=O) groups excluding carboxylic acids is 1. The van der Waals surface area contributed by atoms with E-state index in [0.717, 1.165) is 11.3 Å². The third-order valence-corrected chi connectivity index (χ3v) is 3.98. The van der Waals surface area contributed by atoms with E-state index in [-0.39, 0.29) is 5.91 Å². The van der Waals surface area contributed by atoms with Gasteiger partial charge in [0, 0.05) is 6.20 Å². The summed E-state index contributed by atoms with van der Waals surface area (Å²) in [6, 6.07) is 7.34. The Morgan fingerprint density at radius 1 is 1.29 bits per heavy atom. The number of anilines is 1. The monoisotopic (exact) mass is 341 g/mol. The Hall–Kier alpha value is -2.73. The molecule has 0 radical (unpaired) electrons. The molecule has 1 N–H and O–H groups in total. The highest BCUT2D eigenvalue weighted by Crippen LogP contribution is 2.19. The van der Waals surface area contributed by atoms with Crippen molar-refractivity contribution >= 4 is 23.2 Å². The van der Waals surface area contributed by atoms with Crippen LogP contribution in [-0.2, 0) is 6.42 Å². The smallest absolute Gasteiger partial charge is 0.259 e. The summed E-state index contributed by atoms with van der Waals surface area (Å²) in [5.74, 6) is 0.440. The summed E-state index contributed by atoms with van der Waals surface area (Å²) in [4.78, 5) is 20.9. The molecule has 3 heterocycles. The van der Waals surface area contributed by atoms with E-state index in [2.05, 4.69) is 20.4 Å². The van der Waals surface area contributed by atoms with Gasteiger partial charge in [0.05, 0.1) is 29.3 Å². The lowest BCUT2D eigenvalue weighted by atomic mass is 10.2. The third kappa shape index (κ3) is 3.14. The number of pyridine rings is 2. The van der Waals surface area contributed by atoms with Gasteiger partial charge in [-0.1, -0.05) is 24.6 Å². The summed E-state index contributed by atoms with van der Waals surface area (Å²) < 4.78 is 1.68. The first-order valence-corrected chi connectivity index (χ1v) is 7.89. The molecule has 0 atom stereocenters. The molecule has 3 aromatic heterocycles. The van der Waals surface area contributed by atoms with Gasteiger partial charge in [-0.25, -0.2) is 14.6 Å². The van der Waals surface area contributed by atoms with Crippen LogP contribution in [0, 0.1) is 6.92 Å². The number of hydrogen-bond donors (Lipinski definition) is 1. The van der Waals surface area contributed by atoms with E-state index < -0.39 is 0 Å². The SMILES string of the molecule is CCc1c(C(=O)Nc2cnc(Cl)c(C)c2)cnn1-c1ccccn1. The molecule has 0 aliphatic heterocycles. The number of rotatable bonds is 4. The molecule has 0 aliphatic rings. The molecular formula is C17H16ClN5O. The van der Waals surface area contributed by atoms with E-state index >= 15 is 0 Å². The van der Waals surface area contributed by atoms with Crippen molar-refractivity contribution in [2.75, 3.05) is 5.32 Å². The molecule has 0 saturated heterocycles. The maximum Gasteiger partial charge on any atom is 0.259 e. The molecule has 0 saturated carbocycles.